The molecule has 0 radical (unpaired) electrons. The van der Waals surface area contributed by atoms with Gasteiger partial charge in [-0.2, -0.15) is 10.5 Å². The highest BCUT2D eigenvalue weighted by Gasteiger charge is 2.33. The molecular formula is C21H28N4O. The molecule has 0 unspecified atom stereocenters. The third-order valence-electron chi connectivity index (χ3n) is 5.10. The van der Waals surface area contributed by atoms with Crippen molar-refractivity contribution >= 4 is 5.91 Å². The fraction of sp³-hybridized carbons (Fsp3) is 0.571. The lowest BCUT2D eigenvalue weighted by Gasteiger charge is -2.30. The molecule has 1 aromatic rings. The van der Waals surface area contributed by atoms with Gasteiger partial charge in [-0.25, -0.2) is 0 Å². The molecular weight excluding hydrogens is 324 g/mol. The number of hydrogen-bond donors (Lipinski definition) is 1. The zero-order valence-electron chi connectivity index (χ0n) is 15.8. The number of nitriles is 2. The monoisotopic (exact) mass is 352 g/mol. The van der Waals surface area contributed by atoms with Crippen molar-refractivity contribution in [2.75, 3.05) is 6.54 Å². The van der Waals surface area contributed by atoms with Crippen LogP contribution in [-0.4, -0.2) is 28.9 Å². The van der Waals surface area contributed by atoms with Gasteiger partial charge in [-0.15, -0.1) is 0 Å². The van der Waals surface area contributed by atoms with E-state index in [4.69, 9.17) is 5.26 Å². The van der Waals surface area contributed by atoms with Gasteiger partial charge in [0.1, 0.15) is 5.54 Å². The van der Waals surface area contributed by atoms with E-state index in [0.717, 1.165) is 44.1 Å². The van der Waals surface area contributed by atoms with E-state index in [9.17, 15) is 10.1 Å². The molecule has 1 aliphatic rings. The first-order valence-corrected chi connectivity index (χ1v) is 9.43. The highest BCUT2D eigenvalue weighted by Crippen LogP contribution is 2.26. The summed E-state index contributed by atoms with van der Waals surface area (Å²) in [5.74, 6) is -0.0872. The summed E-state index contributed by atoms with van der Waals surface area (Å²) in [5.41, 5.74) is 0.992. The quantitative estimate of drug-likeness (QED) is 0.795. The molecule has 0 atom stereocenters. The Labute approximate surface area is 156 Å². The Morgan fingerprint density at radius 3 is 2.27 bits per heavy atom. The third-order valence-corrected chi connectivity index (χ3v) is 5.10. The fourth-order valence-electron chi connectivity index (χ4n) is 3.43. The van der Waals surface area contributed by atoms with Crippen LogP contribution < -0.4 is 5.32 Å². The van der Waals surface area contributed by atoms with Gasteiger partial charge >= 0.3 is 0 Å². The normalized spacial score (nSPS) is 16.5. The molecule has 0 bridgehead atoms. The van der Waals surface area contributed by atoms with Crippen LogP contribution in [-0.2, 0) is 11.3 Å². The Hall–Kier alpha value is -2.37. The van der Waals surface area contributed by atoms with Crippen LogP contribution in [0.2, 0.25) is 0 Å². The van der Waals surface area contributed by atoms with Crippen molar-refractivity contribution in [3.05, 3.63) is 35.4 Å². The van der Waals surface area contributed by atoms with Gasteiger partial charge in [-0.3, -0.25) is 9.69 Å². The molecule has 1 N–H and O–H groups in total. The predicted molar refractivity (Wildman–Crippen MR) is 101 cm³/mol. The Morgan fingerprint density at radius 2 is 1.77 bits per heavy atom. The van der Waals surface area contributed by atoms with Crippen LogP contribution in [0.25, 0.3) is 0 Å². The summed E-state index contributed by atoms with van der Waals surface area (Å²) in [6, 6.07) is 12.1. The van der Waals surface area contributed by atoms with E-state index in [-0.39, 0.29) is 18.5 Å². The maximum Gasteiger partial charge on any atom is 0.235 e. The van der Waals surface area contributed by atoms with Gasteiger partial charge in [-0.1, -0.05) is 37.8 Å². The first kappa shape index (κ1) is 19.9. The number of benzene rings is 1. The largest absolute Gasteiger partial charge is 0.337 e. The van der Waals surface area contributed by atoms with Crippen LogP contribution in [0.5, 0.6) is 0 Å². The molecule has 2 rings (SSSR count). The molecule has 0 aromatic heterocycles. The highest BCUT2D eigenvalue weighted by molar-refractivity contribution is 5.79. The van der Waals surface area contributed by atoms with Crippen LogP contribution in [0.3, 0.4) is 0 Å². The molecule has 5 nitrogen and oxygen atoms in total. The molecule has 1 saturated carbocycles. The van der Waals surface area contributed by atoms with Crippen molar-refractivity contribution in [2.45, 2.75) is 70.5 Å². The number of amides is 1. The zero-order valence-corrected chi connectivity index (χ0v) is 15.8. The number of nitrogens with one attached hydrogen (secondary N) is 1. The standard InChI is InChI=1S/C21H28N4O/c1-17(2)25(14-19-9-7-18(13-22)8-10-19)15-20(26)24-21(16-23)11-5-3-4-6-12-21/h7-10,17H,3-6,11-12,14-15H2,1-2H3,(H,24,26). The Morgan fingerprint density at radius 1 is 1.15 bits per heavy atom. The maximum absolute atomic E-state index is 12.6. The van der Waals surface area contributed by atoms with E-state index in [2.05, 4.69) is 36.2 Å². The van der Waals surface area contributed by atoms with Crippen LogP contribution in [0.4, 0.5) is 0 Å². The van der Waals surface area contributed by atoms with Crippen molar-refractivity contribution in [2.24, 2.45) is 0 Å². The van der Waals surface area contributed by atoms with Crippen molar-refractivity contribution in [1.82, 2.24) is 10.2 Å². The zero-order chi connectivity index (χ0) is 19.0. The van der Waals surface area contributed by atoms with Gasteiger partial charge in [-0.05, 0) is 44.4 Å². The Bertz CT molecular complexity index is 673. The minimum absolute atomic E-state index is 0.0872. The average Bonchev–Trinajstić information content (AvgIpc) is 2.87. The lowest BCUT2D eigenvalue weighted by molar-refractivity contribution is -0.124. The fourth-order valence-corrected chi connectivity index (χ4v) is 3.43. The van der Waals surface area contributed by atoms with Crippen molar-refractivity contribution in [3.8, 4) is 12.1 Å². The second-order valence-corrected chi connectivity index (χ2v) is 7.46. The van der Waals surface area contributed by atoms with Crippen molar-refractivity contribution < 1.29 is 4.79 Å². The number of rotatable bonds is 6. The van der Waals surface area contributed by atoms with Gasteiger partial charge in [0.05, 0.1) is 24.2 Å². The number of nitrogens with zero attached hydrogens (tertiary/aromatic N) is 3. The van der Waals surface area contributed by atoms with Crippen LogP contribution in [0.1, 0.15) is 63.5 Å². The van der Waals surface area contributed by atoms with E-state index >= 15 is 0 Å². The smallest absolute Gasteiger partial charge is 0.235 e. The average molecular weight is 352 g/mol. The van der Waals surface area contributed by atoms with Gasteiger partial charge in [0, 0.05) is 12.6 Å². The van der Waals surface area contributed by atoms with E-state index in [1.54, 1.807) is 12.1 Å². The molecule has 1 aliphatic carbocycles. The number of hydrogen-bond acceptors (Lipinski definition) is 4. The SMILES string of the molecule is CC(C)N(CC(=O)NC1(C#N)CCCCCC1)Cc1ccc(C#N)cc1. The lowest BCUT2D eigenvalue weighted by atomic mass is 9.92. The van der Waals surface area contributed by atoms with E-state index in [1.807, 2.05) is 12.1 Å². The van der Waals surface area contributed by atoms with E-state index in [1.165, 1.54) is 0 Å². The number of carbonyl (C=O) groups is 1. The minimum Gasteiger partial charge on any atom is -0.337 e. The Balaban J connectivity index is 2.00. The van der Waals surface area contributed by atoms with Crippen LogP contribution >= 0.6 is 0 Å². The maximum atomic E-state index is 12.6. The number of carbonyl (C=O) groups excluding carboxylic acids is 1. The summed E-state index contributed by atoms with van der Waals surface area (Å²) in [7, 11) is 0. The first-order chi connectivity index (χ1) is 12.5. The van der Waals surface area contributed by atoms with E-state index in [0.29, 0.717) is 12.1 Å². The second-order valence-electron chi connectivity index (χ2n) is 7.46. The molecule has 0 saturated heterocycles. The lowest BCUT2D eigenvalue weighted by Crippen LogP contribution is -2.51. The topological polar surface area (TPSA) is 79.9 Å². The second kappa shape index (κ2) is 9.36. The van der Waals surface area contributed by atoms with Gasteiger partial charge < -0.3 is 5.32 Å². The summed E-state index contributed by atoms with van der Waals surface area (Å²) in [5, 5.41) is 21.6. The third kappa shape index (κ3) is 5.58. The molecule has 5 heteroatoms. The summed E-state index contributed by atoms with van der Waals surface area (Å²) < 4.78 is 0. The molecule has 138 valence electrons. The molecule has 1 amide bonds. The van der Waals surface area contributed by atoms with Crippen molar-refractivity contribution in [3.63, 3.8) is 0 Å². The van der Waals surface area contributed by atoms with Crippen LogP contribution in [0, 0.1) is 22.7 Å². The van der Waals surface area contributed by atoms with Gasteiger partial charge in [0.25, 0.3) is 0 Å². The summed E-state index contributed by atoms with van der Waals surface area (Å²) in [6.45, 7) is 5.02. The Kier molecular flexibility index (Phi) is 7.18. The highest BCUT2D eigenvalue weighted by atomic mass is 16.2. The van der Waals surface area contributed by atoms with Crippen LogP contribution in [0.15, 0.2) is 24.3 Å². The molecule has 26 heavy (non-hydrogen) atoms. The first-order valence-electron chi connectivity index (χ1n) is 9.43. The molecule has 1 fully saturated rings. The molecule has 0 aliphatic heterocycles. The summed E-state index contributed by atoms with van der Waals surface area (Å²) >= 11 is 0. The summed E-state index contributed by atoms with van der Waals surface area (Å²) in [6.07, 6.45) is 5.74. The van der Waals surface area contributed by atoms with Crippen molar-refractivity contribution in [1.29, 1.82) is 10.5 Å². The molecule has 0 spiro atoms. The minimum atomic E-state index is -0.704. The van der Waals surface area contributed by atoms with E-state index < -0.39 is 5.54 Å². The van der Waals surface area contributed by atoms with Gasteiger partial charge in [0.2, 0.25) is 5.91 Å². The van der Waals surface area contributed by atoms with Gasteiger partial charge in [0.15, 0.2) is 0 Å². The molecule has 0 heterocycles. The predicted octanol–water partition coefficient (Wildman–Crippen LogP) is 3.50. The summed E-state index contributed by atoms with van der Waals surface area (Å²) in [4.78, 5) is 14.7. The molecule has 1 aromatic carbocycles.